The van der Waals surface area contributed by atoms with Gasteiger partial charge in [0.15, 0.2) is 0 Å². The van der Waals surface area contributed by atoms with Crippen LogP contribution in [-0.4, -0.2) is 22.2 Å². The van der Waals surface area contributed by atoms with Gasteiger partial charge in [-0.05, 0) is 6.42 Å². The number of rotatable bonds is 8. The molecule has 0 aromatic rings. The third-order valence-electron chi connectivity index (χ3n) is 2.67. The zero-order valence-corrected chi connectivity index (χ0v) is 11.3. The van der Waals surface area contributed by atoms with Crippen LogP contribution in [0.3, 0.4) is 0 Å². The standard InChI is InChI=1S/C13H17N3O4/c1-2-3-4-5-6-7-13(18,19)20-11(17)12(8-14,9-15)10-16/h18-19H,2-7H2,1H3. The van der Waals surface area contributed by atoms with Crippen LogP contribution in [0, 0.1) is 39.4 Å². The minimum atomic E-state index is -2.78. The van der Waals surface area contributed by atoms with E-state index in [1.807, 2.05) is 6.92 Å². The molecule has 0 saturated heterocycles. The maximum Gasteiger partial charge on any atom is 0.360 e. The molecule has 0 fully saturated rings. The molecule has 0 spiro atoms. The van der Waals surface area contributed by atoms with E-state index in [9.17, 15) is 15.0 Å². The Kier molecular flexibility index (Phi) is 7.25. The van der Waals surface area contributed by atoms with E-state index in [2.05, 4.69) is 4.74 Å². The number of esters is 1. The Balaban J connectivity index is 4.47. The Hall–Kier alpha value is -2.14. The second-order valence-corrected chi connectivity index (χ2v) is 4.38. The lowest BCUT2D eigenvalue weighted by atomic mass is 9.94. The first-order chi connectivity index (χ1) is 9.37. The van der Waals surface area contributed by atoms with Gasteiger partial charge in [0.1, 0.15) is 18.2 Å². The van der Waals surface area contributed by atoms with Gasteiger partial charge in [-0.25, -0.2) is 4.79 Å². The SMILES string of the molecule is CCCCCCCC(O)(O)OC(=O)C(C#N)(C#N)C#N. The fourth-order valence-corrected chi connectivity index (χ4v) is 1.45. The van der Waals surface area contributed by atoms with Crippen molar-refractivity contribution in [1.82, 2.24) is 0 Å². The fourth-order valence-electron chi connectivity index (χ4n) is 1.45. The summed E-state index contributed by atoms with van der Waals surface area (Å²) in [6, 6.07) is 3.61. The first-order valence-electron chi connectivity index (χ1n) is 6.29. The van der Waals surface area contributed by atoms with E-state index in [4.69, 9.17) is 15.8 Å². The lowest BCUT2D eigenvalue weighted by molar-refractivity contribution is -0.324. The first-order valence-corrected chi connectivity index (χ1v) is 6.29. The number of hydrogen-bond acceptors (Lipinski definition) is 7. The molecule has 0 bridgehead atoms. The summed E-state index contributed by atoms with van der Waals surface area (Å²) in [6.07, 6.45) is 3.85. The summed E-state index contributed by atoms with van der Waals surface area (Å²) in [5.74, 6) is -4.36. The Morgan fingerprint density at radius 3 is 2.00 bits per heavy atom. The van der Waals surface area contributed by atoms with Crippen LogP contribution in [0.25, 0.3) is 0 Å². The van der Waals surface area contributed by atoms with Crippen LogP contribution >= 0.6 is 0 Å². The summed E-state index contributed by atoms with van der Waals surface area (Å²) in [4.78, 5) is 11.5. The molecule has 108 valence electrons. The largest absolute Gasteiger partial charge is 0.405 e. The highest BCUT2D eigenvalue weighted by atomic mass is 16.8. The van der Waals surface area contributed by atoms with E-state index >= 15 is 0 Å². The van der Waals surface area contributed by atoms with Gasteiger partial charge in [-0.3, -0.25) is 0 Å². The molecular weight excluding hydrogens is 262 g/mol. The normalized spacial score (nSPS) is 11.0. The summed E-state index contributed by atoms with van der Waals surface area (Å²) < 4.78 is 4.29. The molecule has 0 aliphatic carbocycles. The van der Waals surface area contributed by atoms with Crippen molar-refractivity contribution in [3.8, 4) is 18.2 Å². The second kappa shape index (κ2) is 8.12. The van der Waals surface area contributed by atoms with Gasteiger partial charge in [0, 0.05) is 6.42 Å². The van der Waals surface area contributed by atoms with Gasteiger partial charge in [0.05, 0.1) is 0 Å². The monoisotopic (exact) mass is 279 g/mol. The average Bonchev–Trinajstić information content (AvgIpc) is 2.40. The van der Waals surface area contributed by atoms with Gasteiger partial charge >= 0.3 is 17.4 Å². The number of ether oxygens (including phenoxy) is 1. The topological polar surface area (TPSA) is 138 Å². The van der Waals surface area contributed by atoms with E-state index in [-0.39, 0.29) is 6.42 Å². The molecule has 0 aromatic heterocycles. The number of carbonyl (C=O) groups is 1. The van der Waals surface area contributed by atoms with Crippen molar-refractivity contribution in [3.05, 3.63) is 0 Å². The van der Waals surface area contributed by atoms with Crippen LogP contribution in [0.4, 0.5) is 0 Å². The molecule has 2 N–H and O–H groups in total. The van der Waals surface area contributed by atoms with Crippen LogP contribution in [0.2, 0.25) is 0 Å². The van der Waals surface area contributed by atoms with Crippen LogP contribution in [-0.2, 0) is 9.53 Å². The molecule has 0 aromatic carbocycles. The van der Waals surface area contributed by atoms with Crippen molar-refractivity contribution in [1.29, 1.82) is 15.8 Å². The van der Waals surface area contributed by atoms with Gasteiger partial charge < -0.3 is 14.9 Å². The van der Waals surface area contributed by atoms with E-state index in [0.717, 1.165) is 25.7 Å². The minimum absolute atomic E-state index is 0.249. The van der Waals surface area contributed by atoms with E-state index in [1.165, 1.54) is 18.2 Å². The molecular formula is C13H17N3O4. The maximum absolute atomic E-state index is 11.5. The van der Waals surface area contributed by atoms with Crippen molar-refractivity contribution < 1.29 is 19.7 Å². The van der Waals surface area contributed by atoms with E-state index in [0.29, 0.717) is 6.42 Å². The average molecular weight is 279 g/mol. The lowest BCUT2D eigenvalue weighted by Gasteiger charge is -2.22. The van der Waals surface area contributed by atoms with Crippen LogP contribution in [0.1, 0.15) is 45.4 Å². The minimum Gasteiger partial charge on any atom is -0.405 e. The van der Waals surface area contributed by atoms with E-state index < -0.39 is 17.4 Å². The summed E-state index contributed by atoms with van der Waals surface area (Å²) in [7, 11) is 0. The number of nitriles is 3. The summed E-state index contributed by atoms with van der Waals surface area (Å²) in [5, 5.41) is 44.9. The van der Waals surface area contributed by atoms with E-state index in [1.54, 1.807) is 0 Å². The number of unbranched alkanes of at least 4 members (excludes halogenated alkanes) is 4. The smallest absolute Gasteiger partial charge is 0.360 e. The predicted molar refractivity (Wildman–Crippen MR) is 65.9 cm³/mol. The number of hydrogen-bond donors (Lipinski definition) is 2. The molecule has 0 unspecified atom stereocenters. The van der Waals surface area contributed by atoms with Gasteiger partial charge in [0.25, 0.3) is 0 Å². The first kappa shape index (κ1) is 17.9. The van der Waals surface area contributed by atoms with Crippen LogP contribution in [0.15, 0.2) is 0 Å². The summed E-state index contributed by atoms with van der Waals surface area (Å²) in [5.41, 5.74) is -2.68. The van der Waals surface area contributed by atoms with Gasteiger partial charge in [-0.1, -0.05) is 32.6 Å². The Morgan fingerprint density at radius 2 is 1.55 bits per heavy atom. The molecule has 0 amide bonds. The van der Waals surface area contributed by atoms with Crippen molar-refractivity contribution in [3.63, 3.8) is 0 Å². The summed E-state index contributed by atoms with van der Waals surface area (Å²) >= 11 is 0. The van der Waals surface area contributed by atoms with Crippen molar-refractivity contribution in [2.75, 3.05) is 0 Å². The molecule has 7 nitrogen and oxygen atoms in total. The second-order valence-electron chi connectivity index (χ2n) is 4.38. The molecule has 20 heavy (non-hydrogen) atoms. The third kappa shape index (κ3) is 5.24. The van der Waals surface area contributed by atoms with Crippen LogP contribution < -0.4 is 0 Å². The Labute approximate surface area is 117 Å². The zero-order chi connectivity index (χ0) is 15.6. The van der Waals surface area contributed by atoms with Gasteiger partial charge in [-0.2, -0.15) is 15.8 Å². The lowest BCUT2D eigenvalue weighted by Crippen LogP contribution is -2.40. The quantitative estimate of drug-likeness (QED) is 0.385. The molecule has 0 aliphatic rings. The Bertz CT molecular complexity index is 418. The molecule has 0 radical (unpaired) electrons. The summed E-state index contributed by atoms with van der Waals surface area (Å²) in [6.45, 7) is 2.04. The maximum atomic E-state index is 11.5. The van der Waals surface area contributed by atoms with Gasteiger partial charge in [-0.15, -0.1) is 0 Å². The van der Waals surface area contributed by atoms with Crippen molar-refractivity contribution in [2.45, 2.75) is 51.4 Å². The van der Waals surface area contributed by atoms with Crippen LogP contribution in [0.5, 0.6) is 0 Å². The Morgan fingerprint density at radius 1 is 1.05 bits per heavy atom. The van der Waals surface area contributed by atoms with Crippen molar-refractivity contribution in [2.24, 2.45) is 5.41 Å². The predicted octanol–water partition coefficient (Wildman–Crippen LogP) is 1.09. The molecule has 0 aliphatic heterocycles. The zero-order valence-electron chi connectivity index (χ0n) is 11.3. The highest BCUT2D eigenvalue weighted by molar-refractivity contribution is 5.87. The molecule has 7 heteroatoms. The molecule has 0 rings (SSSR count). The number of aliphatic hydroxyl groups is 2. The molecule has 0 saturated carbocycles. The number of carbonyl (C=O) groups excluding carboxylic acids is 1. The highest BCUT2D eigenvalue weighted by Gasteiger charge is 2.45. The fraction of sp³-hybridized carbons (Fsp3) is 0.692. The third-order valence-corrected chi connectivity index (χ3v) is 2.67. The molecule has 0 heterocycles. The van der Waals surface area contributed by atoms with Gasteiger partial charge in [0.2, 0.25) is 0 Å². The van der Waals surface area contributed by atoms with Crippen molar-refractivity contribution >= 4 is 5.97 Å². The number of nitrogens with zero attached hydrogens (tertiary/aromatic N) is 3. The molecule has 0 atom stereocenters. The highest BCUT2D eigenvalue weighted by Crippen LogP contribution is 2.22.